The zero-order valence-electron chi connectivity index (χ0n) is 19.0. The van der Waals surface area contributed by atoms with Crippen LogP contribution in [0.3, 0.4) is 0 Å². The standard InChI is InChI=1S/C24H23N3O7S/c1-3-33-23(30)20-17(26-24(31)27-21(20)13-4-7-15(32-2)8-5-13)11-34-22(29)14-6-9-18-16(10-14)25-19(28)12-35-18/h4-10,21H,3,11-12H2,1-2H3,(H,25,28)(H2,26,27,31). The molecule has 3 N–H and O–H groups in total. The molecule has 3 amide bonds. The van der Waals surface area contributed by atoms with Gasteiger partial charge in [0, 0.05) is 4.90 Å². The molecule has 2 heterocycles. The van der Waals surface area contributed by atoms with Gasteiger partial charge in [0.15, 0.2) is 0 Å². The second kappa shape index (κ2) is 10.5. The summed E-state index contributed by atoms with van der Waals surface area (Å²) in [5, 5.41) is 7.99. The highest BCUT2D eigenvalue weighted by molar-refractivity contribution is 8.00. The van der Waals surface area contributed by atoms with Crippen molar-refractivity contribution in [3.63, 3.8) is 0 Å². The highest BCUT2D eigenvalue weighted by Gasteiger charge is 2.34. The van der Waals surface area contributed by atoms with Crippen molar-refractivity contribution in [2.45, 2.75) is 17.9 Å². The Morgan fingerprint density at radius 2 is 1.80 bits per heavy atom. The third-order valence-corrected chi connectivity index (χ3v) is 6.37. The lowest BCUT2D eigenvalue weighted by atomic mass is 9.95. The summed E-state index contributed by atoms with van der Waals surface area (Å²) in [5.74, 6) is -0.559. The number of fused-ring (bicyclic) bond motifs is 1. The van der Waals surface area contributed by atoms with E-state index in [4.69, 9.17) is 14.2 Å². The molecule has 0 saturated carbocycles. The smallest absolute Gasteiger partial charge is 0.338 e. The van der Waals surface area contributed by atoms with Gasteiger partial charge in [0.05, 0.1) is 48.0 Å². The summed E-state index contributed by atoms with van der Waals surface area (Å²) < 4.78 is 15.8. The summed E-state index contributed by atoms with van der Waals surface area (Å²) in [6, 6.07) is 10.3. The van der Waals surface area contributed by atoms with Crippen molar-refractivity contribution >= 4 is 41.3 Å². The fourth-order valence-corrected chi connectivity index (χ4v) is 4.45. The number of thioether (sulfide) groups is 1. The summed E-state index contributed by atoms with van der Waals surface area (Å²) in [6.07, 6.45) is 0. The first kappa shape index (κ1) is 24.1. The summed E-state index contributed by atoms with van der Waals surface area (Å²) in [7, 11) is 1.53. The van der Waals surface area contributed by atoms with Crippen LogP contribution in [0, 0.1) is 0 Å². The fourth-order valence-electron chi connectivity index (χ4n) is 3.66. The SMILES string of the molecule is CCOC(=O)C1=C(COC(=O)c2ccc3c(c2)NC(=O)CS3)NC(=O)NC1c1ccc(OC)cc1. The number of hydrogen-bond acceptors (Lipinski definition) is 8. The van der Waals surface area contributed by atoms with E-state index in [9.17, 15) is 19.2 Å². The largest absolute Gasteiger partial charge is 0.497 e. The molecule has 2 aliphatic rings. The van der Waals surface area contributed by atoms with Crippen LogP contribution >= 0.6 is 11.8 Å². The molecule has 182 valence electrons. The van der Waals surface area contributed by atoms with Crippen molar-refractivity contribution in [3.8, 4) is 5.75 Å². The third kappa shape index (κ3) is 5.40. The average Bonchev–Trinajstić information content (AvgIpc) is 2.86. The average molecular weight is 498 g/mol. The molecular weight excluding hydrogens is 474 g/mol. The summed E-state index contributed by atoms with van der Waals surface area (Å²) in [6.45, 7) is 1.42. The molecule has 2 aromatic carbocycles. The maximum Gasteiger partial charge on any atom is 0.338 e. The predicted octanol–water partition coefficient (Wildman–Crippen LogP) is 2.77. The Morgan fingerprint density at radius 1 is 1.03 bits per heavy atom. The number of rotatable bonds is 7. The monoisotopic (exact) mass is 497 g/mol. The molecule has 0 saturated heterocycles. The summed E-state index contributed by atoms with van der Waals surface area (Å²) in [5.41, 5.74) is 1.61. The van der Waals surface area contributed by atoms with Crippen LogP contribution < -0.4 is 20.7 Å². The predicted molar refractivity (Wildman–Crippen MR) is 127 cm³/mol. The van der Waals surface area contributed by atoms with E-state index in [0.717, 1.165) is 4.90 Å². The molecule has 2 aromatic rings. The summed E-state index contributed by atoms with van der Waals surface area (Å²) in [4.78, 5) is 50.5. The van der Waals surface area contributed by atoms with Gasteiger partial charge in [0.25, 0.3) is 0 Å². The van der Waals surface area contributed by atoms with Gasteiger partial charge in [-0.25, -0.2) is 14.4 Å². The Bertz CT molecular complexity index is 1210. The second-order valence-corrected chi connectivity index (χ2v) is 8.56. The highest BCUT2D eigenvalue weighted by Crippen LogP contribution is 2.32. The first-order valence-corrected chi connectivity index (χ1v) is 11.7. The molecule has 4 rings (SSSR count). The van der Waals surface area contributed by atoms with Gasteiger partial charge in [-0.05, 0) is 42.8 Å². The van der Waals surface area contributed by atoms with Gasteiger partial charge in [-0.1, -0.05) is 12.1 Å². The molecular formula is C24H23N3O7S. The second-order valence-electron chi connectivity index (χ2n) is 7.54. The lowest BCUT2D eigenvalue weighted by Crippen LogP contribution is -2.47. The lowest BCUT2D eigenvalue weighted by molar-refractivity contribution is -0.139. The minimum atomic E-state index is -0.821. The van der Waals surface area contributed by atoms with Crippen molar-refractivity contribution in [1.29, 1.82) is 0 Å². The van der Waals surface area contributed by atoms with Gasteiger partial charge in [0.2, 0.25) is 5.91 Å². The molecule has 0 aromatic heterocycles. The van der Waals surface area contributed by atoms with Gasteiger partial charge in [-0.3, -0.25) is 4.79 Å². The Balaban J connectivity index is 1.60. The van der Waals surface area contributed by atoms with E-state index in [1.165, 1.54) is 24.9 Å². The number of carbonyl (C=O) groups excluding carboxylic acids is 4. The maximum absolute atomic E-state index is 12.8. The third-order valence-electron chi connectivity index (χ3n) is 5.29. The summed E-state index contributed by atoms with van der Waals surface area (Å²) >= 11 is 1.38. The van der Waals surface area contributed by atoms with Gasteiger partial charge >= 0.3 is 18.0 Å². The van der Waals surface area contributed by atoms with E-state index in [1.54, 1.807) is 43.3 Å². The van der Waals surface area contributed by atoms with E-state index >= 15 is 0 Å². The van der Waals surface area contributed by atoms with Crippen LogP contribution in [-0.4, -0.2) is 50.0 Å². The zero-order valence-corrected chi connectivity index (χ0v) is 19.8. The van der Waals surface area contributed by atoms with Crippen molar-refractivity contribution in [1.82, 2.24) is 10.6 Å². The van der Waals surface area contributed by atoms with Crippen LogP contribution in [0.5, 0.6) is 5.75 Å². The van der Waals surface area contributed by atoms with Crippen molar-refractivity contribution in [2.24, 2.45) is 0 Å². The normalized spacial score (nSPS) is 16.9. The highest BCUT2D eigenvalue weighted by atomic mass is 32.2. The Kier molecular flexibility index (Phi) is 7.25. The van der Waals surface area contributed by atoms with Crippen LogP contribution in [0.2, 0.25) is 0 Å². The molecule has 2 aliphatic heterocycles. The van der Waals surface area contributed by atoms with Crippen molar-refractivity contribution in [2.75, 3.05) is 31.4 Å². The van der Waals surface area contributed by atoms with E-state index < -0.39 is 24.0 Å². The number of carbonyl (C=O) groups is 4. The van der Waals surface area contributed by atoms with Crippen LogP contribution in [0.25, 0.3) is 0 Å². The van der Waals surface area contributed by atoms with Gasteiger partial charge in [-0.2, -0.15) is 0 Å². The number of hydrogen-bond donors (Lipinski definition) is 3. The number of urea groups is 1. The number of benzene rings is 2. The molecule has 0 radical (unpaired) electrons. The number of methoxy groups -OCH3 is 1. The first-order valence-electron chi connectivity index (χ1n) is 10.7. The van der Waals surface area contributed by atoms with E-state index in [2.05, 4.69) is 16.0 Å². The molecule has 0 fully saturated rings. The van der Waals surface area contributed by atoms with Crippen LogP contribution in [0.4, 0.5) is 10.5 Å². The molecule has 0 spiro atoms. The molecule has 1 unspecified atom stereocenters. The Hall–Kier alpha value is -3.99. The maximum atomic E-state index is 12.8. The Morgan fingerprint density at radius 3 is 2.51 bits per heavy atom. The van der Waals surface area contributed by atoms with E-state index in [1.807, 2.05) is 0 Å². The van der Waals surface area contributed by atoms with E-state index in [-0.39, 0.29) is 36.0 Å². The fraction of sp³-hybridized carbons (Fsp3) is 0.250. The molecule has 0 aliphatic carbocycles. The molecule has 35 heavy (non-hydrogen) atoms. The quantitative estimate of drug-likeness (QED) is 0.498. The lowest BCUT2D eigenvalue weighted by Gasteiger charge is -2.29. The van der Waals surface area contributed by atoms with Crippen LogP contribution in [0.15, 0.2) is 58.6 Å². The van der Waals surface area contributed by atoms with Gasteiger partial charge in [-0.15, -0.1) is 11.8 Å². The molecule has 0 bridgehead atoms. The molecule has 11 heteroatoms. The Labute approximate surface area is 205 Å². The van der Waals surface area contributed by atoms with Crippen LogP contribution in [-0.2, 0) is 19.1 Å². The number of amides is 3. The van der Waals surface area contributed by atoms with Crippen molar-refractivity contribution < 1.29 is 33.4 Å². The number of nitrogens with one attached hydrogen (secondary N) is 3. The minimum Gasteiger partial charge on any atom is -0.497 e. The topological polar surface area (TPSA) is 132 Å². The molecule has 10 nitrogen and oxygen atoms in total. The minimum absolute atomic E-state index is 0.114. The number of ether oxygens (including phenoxy) is 3. The first-order chi connectivity index (χ1) is 16.9. The molecule has 1 atom stereocenters. The number of anilines is 1. The number of esters is 2. The van der Waals surface area contributed by atoms with Gasteiger partial charge < -0.3 is 30.2 Å². The van der Waals surface area contributed by atoms with Crippen LogP contribution in [0.1, 0.15) is 28.9 Å². The van der Waals surface area contributed by atoms with E-state index in [0.29, 0.717) is 22.8 Å². The zero-order chi connectivity index (χ0) is 24.9. The van der Waals surface area contributed by atoms with Gasteiger partial charge in [0.1, 0.15) is 12.4 Å². The van der Waals surface area contributed by atoms with Crippen molar-refractivity contribution in [3.05, 3.63) is 64.9 Å².